The molecule has 2 aromatic rings. The lowest BCUT2D eigenvalue weighted by atomic mass is 10.0. The zero-order chi connectivity index (χ0) is 30.7. The normalized spacial score (nSPS) is 14.0. The number of hydrogen-bond donors (Lipinski definition) is 9. The van der Waals surface area contributed by atoms with Gasteiger partial charge in [-0.05, 0) is 30.4 Å². The number of benzene rings is 1. The topological polar surface area (TPSA) is 274 Å². The Morgan fingerprint density at radius 2 is 1.61 bits per heavy atom. The van der Waals surface area contributed by atoms with Gasteiger partial charge in [-0.15, -0.1) is 0 Å². The molecule has 0 aliphatic heterocycles. The Hall–Kier alpha value is -4.66. The fourth-order valence-electron chi connectivity index (χ4n) is 4.11. The number of primary amides is 1. The van der Waals surface area contributed by atoms with E-state index in [-0.39, 0.29) is 25.3 Å². The van der Waals surface area contributed by atoms with Crippen molar-refractivity contribution in [2.45, 2.75) is 63.7 Å². The van der Waals surface area contributed by atoms with Crippen LogP contribution in [-0.4, -0.2) is 76.4 Å². The zero-order valence-electron chi connectivity index (χ0n) is 23.1. The summed E-state index contributed by atoms with van der Waals surface area (Å²) in [5.74, 6) is -5.03. The number of aliphatic carboxylic acids is 1. The average Bonchev–Trinajstić information content (AvgIpc) is 3.30. The molecule has 4 amide bonds. The maximum atomic E-state index is 13.1. The van der Waals surface area contributed by atoms with Crippen LogP contribution in [-0.2, 0) is 30.4 Å². The highest BCUT2D eigenvalue weighted by Crippen LogP contribution is 2.19. The van der Waals surface area contributed by atoms with E-state index < -0.39 is 66.1 Å². The van der Waals surface area contributed by atoms with Crippen LogP contribution in [0.2, 0.25) is 0 Å². The van der Waals surface area contributed by atoms with Gasteiger partial charge in [-0.1, -0.05) is 32.0 Å². The number of H-pyrrole nitrogens is 1. The molecular formula is C26H39N9O6. The molecule has 0 aliphatic rings. The molecule has 0 fully saturated rings. The Bertz CT molecular complexity index is 1270. The molecule has 41 heavy (non-hydrogen) atoms. The van der Waals surface area contributed by atoms with Crippen LogP contribution in [0.3, 0.4) is 0 Å². The highest BCUT2D eigenvalue weighted by atomic mass is 16.4. The fourth-order valence-corrected chi connectivity index (χ4v) is 4.11. The molecule has 0 spiro atoms. The summed E-state index contributed by atoms with van der Waals surface area (Å²) in [6.45, 7) is 3.61. The molecule has 0 radical (unpaired) electrons. The number of nitrogens with zero attached hydrogens (tertiary/aromatic N) is 1. The second-order valence-corrected chi connectivity index (χ2v) is 9.98. The van der Waals surface area contributed by atoms with Crippen molar-refractivity contribution in [2.24, 2.45) is 33.8 Å². The van der Waals surface area contributed by atoms with E-state index in [1.165, 1.54) is 0 Å². The van der Waals surface area contributed by atoms with Crippen LogP contribution in [0.4, 0.5) is 0 Å². The van der Waals surface area contributed by atoms with E-state index in [2.05, 4.69) is 25.9 Å². The molecule has 4 atom stereocenters. The first-order chi connectivity index (χ1) is 19.3. The van der Waals surface area contributed by atoms with Crippen molar-refractivity contribution < 1.29 is 29.1 Å². The van der Waals surface area contributed by atoms with Crippen LogP contribution >= 0.6 is 0 Å². The number of aliphatic imine (C=N–C) groups is 1. The van der Waals surface area contributed by atoms with E-state index in [1.54, 1.807) is 26.1 Å². The summed E-state index contributed by atoms with van der Waals surface area (Å²) < 4.78 is 0. The Balaban J connectivity index is 2.10. The van der Waals surface area contributed by atoms with Crippen molar-refractivity contribution in [2.75, 3.05) is 6.54 Å². The van der Waals surface area contributed by atoms with Crippen molar-refractivity contribution >= 4 is 46.5 Å². The van der Waals surface area contributed by atoms with Gasteiger partial charge in [-0.2, -0.15) is 0 Å². The van der Waals surface area contributed by atoms with Gasteiger partial charge in [0.25, 0.3) is 0 Å². The number of carboxylic acid groups (broad SMARTS) is 1. The number of nitrogens with one attached hydrogen (secondary N) is 4. The van der Waals surface area contributed by atoms with E-state index in [4.69, 9.17) is 22.9 Å². The number of para-hydroxylation sites is 1. The quantitative estimate of drug-likeness (QED) is 0.0619. The Labute approximate surface area is 236 Å². The summed E-state index contributed by atoms with van der Waals surface area (Å²) in [6, 6.07) is 2.34. The van der Waals surface area contributed by atoms with Gasteiger partial charge in [-0.25, -0.2) is 4.79 Å². The summed E-state index contributed by atoms with van der Waals surface area (Å²) >= 11 is 0. The number of carboxylic acids is 1. The largest absolute Gasteiger partial charge is 0.480 e. The van der Waals surface area contributed by atoms with Gasteiger partial charge in [0.15, 0.2) is 5.96 Å². The number of aromatic amines is 1. The SMILES string of the molecule is CC(C)C(NC(=O)C(N)CCCN=C(N)N)C(=O)NC(CC(N)=O)C(=O)NC(Cc1c[nH]c2ccccc12)C(=O)O. The van der Waals surface area contributed by atoms with E-state index >= 15 is 0 Å². The van der Waals surface area contributed by atoms with Gasteiger partial charge < -0.3 is 49.0 Å². The number of fused-ring (bicyclic) bond motifs is 1. The van der Waals surface area contributed by atoms with Crippen molar-refractivity contribution in [3.05, 3.63) is 36.0 Å². The van der Waals surface area contributed by atoms with Crippen LogP contribution in [0.5, 0.6) is 0 Å². The van der Waals surface area contributed by atoms with E-state index in [1.807, 2.05) is 18.2 Å². The summed E-state index contributed by atoms with van der Waals surface area (Å²) in [7, 11) is 0. The minimum atomic E-state index is -1.49. The lowest BCUT2D eigenvalue weighted by molar-refractivity contribution is -0.142. The first-order valence-electron chi connectivity index (χ1n) is 13.1. The summed E-state index contributed by atoms with van der Waals surface area (Å²) in [6.07, 6.45) is 1.66. The van der Waals surface area contributed by atoms with E-state index in [9.17, 15) is 29.1 Å². The monoisotopic (exact) mass is 573 g/mol. The van der Waals surface area contributed by atoms with Gasteiger partial charge in [0, 0.05) is 30.1 Å². The third-order valence-electron chi connectivity index (χ3n) is 6.30. The van der Waals surface area contributed by atoms with Gasteiger partial charge in [0.2, 0.25) is 23.6 Å². The first kappa shape index (κ1) is 32.6. The smallest absolute Gasteiger partial charge is 0.326 e. The second kappa shape index (κ2) is 15.2. The molecule has 224 valence electrons. The maximum Gasteiger partial charge on any atom is 0.326 e. The summed E-state index contributed by atoms with van der Waals surface area (Å²) in [5, 5.41) is 17.9. The molecule has 0 saturated carbocycles. The van der Waals surface area contributed by atoms with Crippen molar-refractivity contribution in [1.82, 2.24) is 20.9 Å². The van der Waals surface area contributed by atoms with Crippen molar-refractivity contribution in [3.8, 4) is 0 Å². The average molecular weight is 574 g/mol. The maximum absolute atomic E-state index is 13.1. The van der Waals surface area contributed by atoms with Crippen LogP contribution in [0.15, 0.2) is 35.5 Å². The van der Waals surface area contributed by atoms with Crippen molar-refractivity contribution in [3.63, 3.8) is 0 Å². The molecule has 15 heteroatoms. The minimum Gasteiger partial charge on any atom is -0.480 e. The predicted molar refractivity (Wildman–Crippen MR) is 152 cm³/mol. The highest BCUT2D eigenvalue weighted by Gasteiger charge is 2.32. The number of aromatic nitrogens is 1. The lowest BCUT2D eigenvalue weighted by Gasteiger charge is -2.26. The number of carbonyl (C=O) groups is 5. The molecule has 0 aliphatic carbocycles. The highest BCUT2D eigenvalue weighted by molar-refractivity contribution is 5.96. The molecule has 1 heterocycles. The molecule has 15 nitrogen and oxygen atoms in total. The third-order valence-corrected chi connectivity index (χ3v) is 6.30. The Morgan fingerprint density at radius 1 is 0.951 bits per heavy atom. The predicted octanol–water partition coefficient (Wildman–Crippen LogP) is -1.84. The second-order valence-electron chi connectivity index (χ2n) is 9.98. The lowest BCUT2D eigenvalue weighted by Crippen LogP contribution is -2.59. The van der Waals surface area contributed by atoms with E-state index in [0.29, 0.717) is 12.0 Å². The first-order valence-corrected chi connectivity index (χ1v) is 13.1. The molecule has 2 rings (SSSR count). The van der Waals surface area contributed by atoms with E-state index in [0.717, 1.165) is 10.9 Å². The number of rotatable bonds is 16. The van der Waals surface area contributed by atoms with Gasteiger partial charge in [-0.3, -0.25) is 24.2 Å². The summed E-state index contributed by atoms with van der Waals surface area (Å²) in [5.41, 5.74) is 23.2. The Morgan fingerprint density at radius 3 is 2.22 bits per heavy atom. The van der Waals surface area contributed by atoms with Crippen LogP contribution in [0, 0.1) is 5.92 Å². The molecular weight excluding hydrogens is 534 g/mol. The van der Waals surface area contributed by atoms with Crippen LogP contribution in [0.1, 0.15) is 38.7 Å². The van der Waals surface area contributed by atoms with Gasteiger partial charge in [0.05, 0.1) is 12.5 Å². The molecule has 1 aromatic carbocycles. The third kappa shape index (κ3) is 10.1. The number of nitrogens with two attached hydrogens (primary N) is 4. The van der Waals surface area contributed by atoms with Gasteiger partial charge in [0.1, 0.15) is 18.1 Å². The van der Waals surface area contributed by atoms with Crippen LogP contribution < -0.4 is 38.9 Å². The fraction of sp³-hybridized carbons (Fsp3) is 0.462. The molecule has 0 bridgehead atoms. The zero-order valence-corrected chi connectivity index (χ0v) is 23.1. The van der Waals surface area contributed by atoms with Crippen LogP contribution in [0.25, 0.3) is 10.9 Å². The number of carbonyl (C=O) groups excluding carboxylic acids is 4. The number of guanidine groups is 1. The standard InChI is InChI=1S/C26H39N9O6/c1-13(2)21(35-22(37)16(27)7-5-9-31-26(29)30)24(39)33-18(11-20(28)36)23(38)34-19(25(40)41)10-14-12-32-17-8-4-3-6-15(14)17/h3-4,6,8,12-13,16,18-19,21,32H,5,7,9-11,27H2,1-2H3,(H2,28,36)(H,33,39)(H,34,38)(H,35,37)(H,40,41)(H4,29,30,31). The summed E-state index contributed by atoms with van der Waals surface area (Å²) in [4.78, 5) is 69.4. The molecule has 13 N–H and O–H groups in total. The number of hydrogen-bond acceptors (Lipinski definition) is 7. The van der Waals surface area contributed by atoms with Gasteiger partial charge >= 0.3 is 5.97 Å². The number of amides is 4. The molecule has 0 saturated heterocycles. The molecule has 4 unspecified atom stereocenters. The minimum absolute atomic E-state index is 0.0614. The van der Waals surface area contributed by atoms with Crippen molar-refractivity contribution in [1.29, 1.82) is 0 Å². The Kier molecular flexibility index (Phi) is 12.1. The molecule has 1 aromatic heterocycles.